The Morgan fingerprint density at radius 1 is 1.73 bits per heavy atom. The van der Waals surface area contributed by atoms with Crippen molar-refractivity contribution in [3.63, 3.8) is 0 Å². The molecule has 0 saturated heterocycles. The minimum atomic E-state index is -1.06. The van der Waals surface area contributed by atoms with Crippen LogP contribution in [0.4, 0.5) is 5.69 Å². The Bertz CT molecular complexity index is 296. The average molecular weight is 149 g/mol. The predicted molar refractivity (Wildman–Crippen MR) is 37.0 cm³/mol. The molecule has 0 unspecified atom stereocenters. The van der Waals surface area contributed by atoms with E-state index >= 15 is 0 Å². The molecule has 0 saturated carbocycles. The summed E-state index contributed by atoms with van der Waals surface area (Å²) in [5.74, 6) is -1.06. The van der Waals surface area contributed by atoms with Crippen molar-refractivity contribution < 1.29 is 9.90 Å². The molecule has 1 aromatic carbocycles. The molecule has 0 bridgehead atoms. The molecule has 1 aromatic rings. The highest BCUT2D eigenvalue weighted by molar-refractivity contribution is 5.88. The zero-order valence-corrected chi connectivity index (χ0v) is 5.53. The molecule has 1 radical (unpaired) electrons. The van der Waals surface area contributed by atoms with E-state index in [0.717, 1.165) is 0 Å². The number of aromatic carboxylic acids is 1. The van der Waals surface area contributed by atoms with Crippen LogP contribution >= 0.6 is 0 Å². The summed E-state index contributed by atoms with van der Waals surface area (Å²) >= 11 is 0. The molecule has 0 aromatic heterocycles. The van der Waals surface area contributed by atoms with Gasteiger partial charge in [-0.05, 0) is 18.2 Å². The summed E-state index contributed by atoms with van der Waals surface area (Å²) in [5, 5.41) is 11.6. The third kappa shape index (κ3) is 1.61. The second-order valence-electron chi connectivity index (χ2n) is 1.88. The second-order valence-corrected chi connectivity index (χ2v) is 1.88. The van der Waals surface area contributed by atoms with E-state index in [1.807, 2.05) is 0 Å². The van der Waals surface area contributed by atoms with Gasteiger partial charge in [0.15, 0.2) is 0 Å². The lowest BCUT2D eigenvalue weighted by molar-refractivity contribution is 0.0696. The second kappa shape index (κ2) is 2.92. The standard InChI is InChI=1S/C7H5N2O2/c8-9-6-3-1-2-5(4-6)7(10)11/h1,3-4,8H,(H,10,11). The Morgan fingerprint density at radius 2 is 2.45 bits per heavy atom. The first-order chi connectivity index (χ1) is 5.24. The Morgan fingerprint density at radius 3 is 3.00 bits per heavy atom. The lowest BCUT2D eigenvalue weighted by Crippen LogP contribution is -1.94. The molecule has 0 aliphatic rings. The molecule has 0 aliphatic heterocycles. The Labute approximate surface area is 63.0 Å². The van der Waals surface area contributed by atoms with Crippen molar-refractivity contribution in [2.45, 2.75) is 0 Å². The largest absolute Gasteiger partial charge is 0.478 e. The number of hydrogen-bond acceptors (Lipinski definition) is 3. The van der Waals surface area contributed by atoms with Gasteiger partial charge in [0, 0.05) is 0 Å². The van der Waals surface area contributed by atoms with E-state index in [1.54, 1.807) is 0 Å². The summed E-state index contributed by atoms with van der Waals surface area (Å²) in [6.45, 7) is 0. The third-order valence-electron chi connectivity index (χ3n) is 1.14. The van der Waals surface area contributed by atoms with E-state index in [9.17, 15) is 4.79 Å². The van der Waals surface area contributed by atoms with Crippen LogP contribution in [-0.2, 0) is 0 Å². The lowest BCUT2D eigenvalue weighted by Gasteiger charge is -1.92. The Kier molecular flexibility index (Phi) is 1.96. The van der Waals surface area contributed by atoms with Crippen LogP contribution in [0.2, 0.25) is 0 Å². The normalized spacial score (nSPS) is 9.09. The van der Waals surface area contributed by atoms with Crippen LogP contribution in [0.3, 0.4) is 0 Å². The zero-order valence-electron chi connectivity index (χ0n) is 5.53. The van der Waals surface area contributed by atoms with Crippen LogP contribution in [0.5, 0.6) is 0 Å². The molecule has 4 heteroatoms. The fourth-order valence-electron chi connectivity index (χ4n) is 0.648. The van der Waals surface area contributed by atoms with Gasteiger partial charge in [-0.2, -0.15) is 5.11 Å². The van der Waals surface area contributed by atoms with E-state index < -0.39 is 5.97 Å². The molecule has 0 amide bonds. The molecule has 2 N–H and O–H groups in total. The number of carbonyl (C=O) groups is 1. The van der Waals surface area contributed by atoms with Crippen LogP contribution in [0.25, 0.3) is 0 Å². The van der Waals surface area contributed by atoms with Gasteiger partial charge in [0.05, 0.1) is 11.3 Å². The number of hydrogen-bond donors (Lipinski definition) is 2. The summed E-state index contributed by atoms with van der Waals surface area (Å²) in [5.41, 5.74) is 6.95. The molecule has 0 atom stereocenters. The number of rotatable bonds is 2. The van der Waals surface area contributed by atoms with Gasteiger partial charge >= 0.3 is 5.97 Å². The summed E-state index contributed by atoms with van der Waals surface area (Å²) in [4.78, 5) is 10.3. The van der Waals surface area contributed by atoms with Crippen molar-refractivity contribution >= 4 is 11.7 Å². The van der Waals surface area contributed by atoms with Gasteiger partial charge in [0.25, 0.3) is 0 Å². The molecule has 1 rings (SSSR count). The molecular formula is C7H5N2O2. The van der Waals surface area contributed by atoms with E-state index in [2.05, 4.69) is 11.2 Å². The monoisotopic (exact) mass is 149 g/mol. The average Bonchev–Trinajstić information content (AvgIpc) is 2.05. The third-order valence-corrected chi connectivity index (χ3v) is 1.14. The first-order valence-corrected chi connectivity index (χ1v) is 2.86. The topological polar surface area (TPSA) is 73.5 Å². The summed E-state index contributed by atoms with van der Waals surface area (Å²) in [7, 11) is 0. The van der Waals surface area contributed by atoms with Crippen molar-refractivity contribution in [1.82, 2.24) is 0 Å². The first-order valence-electron chi connectivity index (χ1n) is 2.86. The van der Waals surface area contributed by atoms with Gasteiger partial charge in [-0.1, -0.05) is 6.07 Å². The maximum absolute atomic E-state index is 10.3. The number of carboxylic acids is 1. The van der Waals surface area contributed by atoms with E-state index in [1.165, 1.54) is 18.2 Å². The predicted octanol–water partition coefficient (Wildman–Crippen LogP) is 1.85. The van der Waals surface area contributed by atoms with Crippen molar-refractivity contribution in [3.8, 4) is 0 Å². The minimum absolute atomic E-state index is 0.0264. The van der Waals surface area contributed by atoms with Gasteiger partial charge in [-0.25, -0.2) is 10.3 Å². The maximum atomic E-state index is 10.3. The SMILES string of the molecule is N=Nc1cc[c]c(C(=O)O)c1. The highest BCUT2D eigenvalue weighted by atomic mass is 16.4. The van der Waals surface area contributed by atoms with Crippen LogP contribution < -0.4 is 0 Å². The summed E-state index contributed by atoms with van der Waals surface area (Å²) in [6, 6.07) is 6.73. The van der Waals surface area contributed by atoms with Crippen LogP contribution in [0, 0.1) is 11.6 Å². The summed E-state index contributed by atoms with van der Waals surface area (Å²) in [6.07, 6.45) is 0. The Hall–Kier alpha value is -1.71. The Balaban J connectivity index is 3.10. The fraction of sp³-hybridized carbons (Fsp3) is 0. The van der Waals surface area contributed by atoms with Crippen LogP contribution in [0.15, 0.2) is 23.3 Å². The first kappa shape index (κ1) is 7.40. The van der Waals surface area contributed by atoms with Crippen molar-refractivity contribution in [2.75, 3.05) is 0 Å². The quantitative estimate of drug-likeness (QED) is 0.629. The minimum Gasteiger partial charge on any atom is -0.478 e. The van der Waals surface area contributed by atoms with Gasteiger partial charge in [0.1, 0.15) is 0 Å². The highest BCUT2D eigenvalue weighted by Crippen LogP contribution is 2.12. The van der Waals surface area contributed by atoms with Gasteiger partial charge in [0.2, 0.25) is 0 Å². The summed E-state index contributed by atoms with van der Waals surface area (Å²) < 4.78 is 0. The zero-order chi connectivity index (χ0) is 8.27. The van der Waals surface area contributed by atoms with E-state index in [4.69, 9.17) is 10.6 Å². The number of benzene rings is 1. The smallest absolute Gasteiger partial charge is 0.336 e. The van der Waals surface area contributed by atoms with Crippen LogP contribution in [-0.4, -0.2) is 11.1 Å². The lowest BCUT2D eigenvalue weighted by atomic mass is 10.2. The molecule has 11 heavy (non-hydrogen) atoms. The number of nitrogens with one attached hydrogen (secondary N) is 1. The molecule has 4 nitrogen and oxygen atoms in total. The molecule has 55 valence electrons. The maximum Gasteiger partial charge on any atom is 0.336 e. The fourth-order valence-corrected chi connectivity index (χ4v) is 0.648. The van der Waals surface area contributed by atoms with Crippen LogP contribution in [0.1, 0.15) is 10.4 Å². The van der Waals surface area contributed by atoms with Gasteiger partial charge in [-0.3, -0.25) is 0 Å². The van der Waals surface area contributed by atoms with Crippen molar-refractivity contribution in [1.29, 1.82) is 5.53 Å². The number of carboxylic acid groups (broad SMARTS) is 1. The van der Waals surface area contributed by atoms with Crippen molar-refractivity contribution in [3.05, 3.63) is 29.8 Å². The molecule has 0 fully saturated rings. The highest BCUT2D eigenvalue weighted by Gasteiger charge is 2.01. The van der Waals surface area contributed by atoms with Crippen molar-refractivity contribution in [2.24, 2.45) is 5.11 Å². The molecule has 0 heterocycles. The van der Waals surface area contributed by atoms with Gasteiger partial charge in [-0.15, -0.1) is 0 Å². The van der Waals surface area contributed by atoms with Gasteiger partial charge < -0.3 is 5.11 Å². The number of nitrogens with zero attached hydrogens (tertiary/aromatic N) is 1. The molecule has 0 spiro atoms. The van der Waals surface area contributed by atoms with E-state index in [0.29, 0.717) is 5.69 Å². The van der Waals surface area contributed by atoms with E-state index in [-0.39, 0.29) is 5.56 Å². The molecular weight excluding hydrogens is 144 g/mol. The molecule has 0 aliphatic carbocycles.